The van der Waals surface area contributed by atoms with Gasteiger partial charge >= 0.3 is 0 Å². The molecule has 0 unspecified atom stereocenters. The summed E-state index contributed by atoms with van der Waals surface area (Å²) in [4.78, 5) is 13.3. The lowest BCUT2D eigenvalue weighted by atomic mass is 9.98. The lowest BCUT2D eigenvalue weighted by Crippen LogP contribution is -2.26. The SMILES string of the molecule is CN1CCCc2cc(C3=NNC(=O)SC3)ccc21. The summed E-state index contributed by atoms with van der Waals surface area (Å²) in [5, 5.41) is 4.06. The van der Waals surface area contributed by atoms with Gasteiger partial charge in [0.25, 0.3) is 5.24 Å². The molecule has 1 aromatic rings. The average Bonchev–Trinajstić information content (AvgIpc) is 2.39. The maximum absolute atomic E-state index is 11.1. The first-order chi connectivity index (χ1) is 8.74. The smallest absolute Gasteiger partial charge is 0.299 e. The van der Waals surface area contributed by atoms with Crippen LogP contribution in [0.4, 0.5) is 10.5 Å². The number of anilines is 1. The number of hydrazone groups is 1. The normalized spacial score (nSPS) is 19.1. The topological polar surface area (TPSA) is 44.7 Å². The molecule has 0 saturated heterocycles. The van der Waals surface area contributed by atoms with Gasteiger partial charge in [-0.05, 0) is 36.1 Å². The van der Waals surface area contributed by atoms with E-state index >= 15 is 0 Å². The van der Waals surface area contributed by atoms with E-state index in [0.29, 0.717) is 5.75 Å². The van der Waals surface area contributed by atoms with Crippen molar-refractivity contribution >= 4 is 28.4 Å². The Morgan fingerprint density at radius 2 is 2.33 bits per heavy atom. The van der Waals surface area contributed by atoms with Crippen molar-refractivity contribution in [2.45, 2.75) is 12.8 Å². The van der Waals surface area contributed by atoms with Crippen molar-refractivity contribution < 1.29 is 4.79 Å². The molecule has 0 spiro atoms. The molecular weight excluding hydrogens is 246 g/mol. The number of carbonyl (C=O) groups excluding carboxylic acids is 1. The molecule has 0 bridgehead atoms. The van der Waals surface area contributed by atoms with Crippen LogP contribution in [0.1, 0.15) is 17.5 Å². The third kappa shape index (κ3) is 2.10. The second-order valence-corrected chi connectivity index (χ2v) is 5.56. The lowest BCUT2D eigenvalue weighted by Gasteiger charge is -2.28. The monoisotopic (exact) mass is 261 g/mol. The molecule has 1 aromatic carbocycles. The Kier molecular flexibility index (Phi) is 2.99. The number of hydrogen-bond donors (Lipinski definition) is 1. The molecule has 2 aliphatic heterocycles. The van der Waals surface area contributed by atoms with Crippen molar-refractivity contribution in [2.75, 3.05) is 24.2 Å². The van der Waals surface area contributed by atoms with E-state index in [0.717, 1.165) is 24.2 Å². The van der Waals surface area contributed by atoms with Gasteiger partial charge in [-0.15, -0.1) is 0 Å². The molecular formula is C13H15N3OS. The maximum atomic E-state index is 11.1. The predicted octanol–water partition coefficient (Wildman–Crippen LogP) is 2.23. The van der Waals surface area contributed by atoms with Crippen molar-refractivity contribution in [3.05, 3.63) is 29.3 Å². The minimum Gasteiger partial charge on any atom is -0.374 e. The highest BCUT2D eigenvalue weighted by molar-refractivity contribution is 8.14. The van der Waals surface area contributed by atoms with Crippen molar-refractivity contribution in [3.8, 4) is 0 Å². The minimum atomic E-state index is -0.0727. The standard InChI is InChI=1S/C13H15N3OS/c1-16-6-2-3-10-7-9(4-5-12(10)16)11-8-18-13(17)15-14-11/h4-5,7H,2-3,6,8H2,1H3,(H,15,17). The highest BCUT2D eigenvalue weighted by atomic mass is 32.2. The number of fused-ring (bicyclic) bond motifs is 1. The van der Waals surface area contributed by atoms with Crippen LogP contribution in [0.3, 0.4) is 0 Å². The van der Waals surface area contributed by atoms with E-state index in [9.17, 15) is 4.79 Å². The number of carbonyl (C=O) groups is 1. The van der Waals surface area contributed by atoms with Gasteiger partial charge in [-0.1, -0.05) is 17.8 Å². The van der Waals surface area contributed by atoms with Crippen molar-refractivity contribution in [2.24, 2.45) is 5.10 Å². The van der Waals surface area contributed by atoms with Crippen molar-refractivity contribution in [1.29, 1.82) is 0 Å². The number of amides is 1. The highest BCUT2D eigenvalue weighted by Crippen LogP contribution is 2.27. The Balaban J connectivity index is 1.93. The number of hydrogen-bond acceptors (Lipinski definition) is 4. The summed E-state index contributed by atoms with van der Waals surface area (Å²) < 4.78 is 0. The first-order valence-corrected chi connectivity index (χ1v) is 7.06. The van der Waals surface area contributed by atoms with Gasteiger partial charge in [0.1, 0.15) is 0 Å². The number of thioether (sulfide) groups is 1. The highest BCUT2D eigenvalue weighted by Gasteiger charge is 2.18. The first-order valence-electron chi connectivity index (χ1n) is 6.08. The zero-order valence-corrected chi connectivity index (χ0v) is 11.1. The van der Waals surface area contributed by atoms with E-state index in [1.807, 2.05) is 0 Å². The van der Waals surface area contributed by atoms with Gasteiger partial charge in [0.15, 0.2) is 0 Å². The zero-order valence-electron chi connectivity index (χ0n) is 10.3. The van der Waals surface area contributed by atoms with Gasteiger partial charge in [0.2, 0.25) is 0 Å². The van der Waals surface area contributed by atoms with Crippen LogP contribution in [-0.2, 0) is 6.42 Å². The first kappa shape index (κ1) is 11.6. The van der Waals surface area contributed by atoms with Gasteiger partial charge in [-0.3, -0.25) is 4.79 Å². The molecule has 3 rings (SSSR count). The molecule has 1 amide bonds. The molecule has 1 N–H and O–H groups in total. The number of rotatable bonds is 1. The lowest BCUT2D eigenvalue weighted by molar-refractivity contribution is 0.261. The molecule has 0 fully saturated rings. The molecule has 4 nitrogen and oxygen atoms in total. The van der Waals surface area contributed by atoms with Crippen molar-refractivity contribution in [1.82, 2.24) is 5.43 Å². The van der Waals surface area contributed by atoms with E-state index in [4.69, 9.17) is 0 Å². The van der Waals surface area contributed by atoms with Crippen LogP contribution >= 0.6 is 11.8 Å². The second kappa shape index (κ2) is 4.65. The summed E-state index contributed by atoms with van der Waals surface area (Å²) in [5.74, 6) is 0.653. The summed E-state index contributed by atoms with van der Waals surface area (Å²) in [6, 6.07) is 6.47. The number of aryl methyl sites for hydroxylation is 1. The Morgan fingerprint density at radius 1 is 1.44 bits per heavy atom. The molecule has 0 aromatic heterocycles. The number of nitrogens with zero attached hydrogens (tertiary/aromatic N) is 2. The summed E-state index contributed by atoms with van der Waals surface area (Å²) >= 11 is 1.27. The Morgan fingerprint density at radius 3 is 3.11 bits per heavy atom. The van der Waals surface area contributed by atoms with Crippen LogP contribution in [0.2, 0.25) is 0 Å². The summed E-state index contributed by atoms with van der Waals surface area (Å²) in [6.07, 6.45) is 2.32. The van der Waals surface area contributed by atoms with Gasteiger partial charge in [-0.2, -0.15) is 5.10 Å². The third-order valence-corrected chi connectivity index (χ3v) is 4.16. The fourth-order valence-electron chi connectivity index (χ4n) is 2.42. The van der Waals surface area contributed by atoms with Crippen LogP contribution < -0.4 is 10.3 Å². The molecule has 0 radical (unpaired) electrons. The van der Waals surface area contributed by atoms with Crippen LogP contribution in [0.5, 0.6) is 0 Å². The Labute approximate surface area is 110 Å². The maximum Gasteiger partial charge on any atom is 0.299 e. The van der Waals surface area contributed by atoms with Gasteiger partial charge in [0.05, 0.1) is 5.71 Å². The number of benzene rings is 1. The molecule has 0 aliphatic carbocycles. The number of nitrogens with one attached hydrogen (secondary N) is 1. The third-order valence-electron chi connectivity index (χ3n) is 3.39. The fourth-order valence-corrected chi connectivity index (χ4v) is 3.03. The molecule has 2 heterocycles. The van der Waals surface area contributed by atoms with E-state index in [2.05, 4.69) is 40.7 Å². The van der Waals surface area contributed by atoms with Crippen molar-refractivity contribution in [3.63, 3.8) is 0 Å². The largest absolute Gasteiger partial charge is 0.374 e. The molecule has 94 valence electrons. The Hall–Kier alpha value is -1.49. The van der Waals surface area contributed by atoms with Crippen LogP contribution in [0, 0.1) is 0 Å². The van der Waals surface area contributed by atoms with Gasteiger partial charge < -0.3 is 4.90 Å². The molecule has 0 atom stereocenters. The minimum absolute atomic E-state index is 0.0727. The van der Waals surface area contributed by atoms with Gasteiger partial charge in [-0.25, -0.2) is 5.43 Å². The van der Waals surface area contributed by atoms with Crippen LogP contribution in [0.25, 0.3) is 0 Å². The van der Waals surface area contributed by atoms with E-state index < -0.39 is 0 Å². The summed E-state index contributed by atoms with van der Waals surface area (Å²) in [6.45, 7) is 1.12. The molecule has 5 heteroatoms. The molecule has 2 aliphatic rings. The summed E-state index contributed by atoms with van der Waals surface area (Å²) in [5.41, 5.74) is 7.30. The van der Waals surface area contributed by atoms with E-state index in [-0.39, 0.29) is 5.24 Å². The second-order valence-electron chi connectivity index (χ2n) is 4.62. The quantitative estimate of drug-likeness (QED) is 0.843. The van der Waals surface area contributed by atoms with E-state index in [1.165, 1.54) is 29.4 Å². The predicted molar refractivity (Wildman–Crippen MR) is 75.6 cm³/mol. The Bertz CT molecular complexity index is 527. The molecule has 18 heavy (non-hydrogen) atoms. The fraction of sp³-hybridized carbons (Fsp3) is 0.385. The average molecular weight is 261 g/mol. The van der Waals surface area contributed by atoms with Crippen LogP contribution in [-0.4, -0.2) is 30.3 Å². The van der Waals surface area contributed by atoms with E-state index in [1.54, 1.807) is 0 Å². The molecule has 0 saturated carbocycles. The summed E-state index contributed by atoms with van der Waals surface area (Å²) in [7, 11) is 2.13. The zero-order chi connectivity index (χ0) is 12.5. The van der Waals surface area contributed by atoms with Crippen LogP contribution in [0.15, 0.2) is 23.3 Å². The van der Waals surface area contributed by atoms with Gasteiger partial charge in [0, 0.05) is 25.0 Å².